The predicted octanol–water partition coefficient (Wildman–Crippen LogP) is 20.4. The van der Waals surface area contributed by atoms with E-state index in [0.29, 0.717) is 0 Å². The largest absolute Gasteiger partial charge is 0.308 e. The summed E-state index contributed by atoms with van der Waals surface area (Å²) in [5.74, 6) is 0. The molecule has 11 aromatic rings. The zero-order valence-corrected chi connectivity index (χ0v) is 47.7. The Bertz CT molecular complexity index is 3970. The van der Waals surface area contributed by atoms with E-state index in [4.69, 9.17) is 0 Å². The lowest BCUT2D eigenvalue weighted by molar-refractivity contribution is 0.568. The Balaban J connectivity index is 1.49. The van der Waals surface area contributed by atoms with Gasteiger partial charge in [0.05, 0.1) is 33.1 Å². The monoisotopic (exact) mass is 949 g/mol. The van der Waals surface area contributed by atoms with Gasteiger partial charge in [-0.1, -0.05) is 230 Å². The summed E-state index contributed by atoms with van der Waals surface area (Å²) in [6, 6.07) is 41.9. The zero-order chi connectivity index (χ0) is 52.1. The summed E-state index contributed by atoms with van der Waals surface area (Å²) in [6.07, 6.45) is 0. The first-order valence-corrected chi connectivity index (χ1v) is 26.9. The predicted molar refractivity (Wildman–Crippen MR) is 318 cm³/mol. The van der Waals surface area contributed by atoms with E-state index < -0.39 is 0 Å². The Morgan fingerprint density at radius 1 is 0.264 bits per heavy atom. The second kappa shape index (κ2) is 14.9. The molecule has 2 heteroatoms. The lowest BCUT2D eigenvalue weighted by Crippen LogP contribution is -2.17. The highest BCUT2D eigenvalue weighted by molar-refractivity contribution is 6.46. The van der Waals surface area contributed by atoms with Crippen molar-refractivity contribution < 1.29 is 0 Å². The van der Waals surface area contributed by atoms with Crippen LogP contribution in [-0.2, 0) is 37.9 Å². The third-order valence-electron chi connectivity index (χ3n) is 16.6. The first-order valence-electron chi connectivity index (χ1n) is 26.9. The van der Waals surface area contributed by atoms with E-state index in [0.717, 1.165) is 0 Å². The van der Waals surface area contributed by atoms with Crippen LogP contribution in [0.1, 0.15) is 184 Å². The van der Waals surface area contributed by atoms with E-state index >= 15 is 0 Å². The van der Waals surface area contributed by atoms with Gasteiger partial charge in [0.2, 0.25) is 0 Å². The van der Waals surface area contributed by atoms with Crippen molar-refractivity contribution in [2.24, 2.45) is 0 Å². The molecular weight excluding hydrogens is 869 g/mol. The molecule has 0 saturated carbocycles. The molecule has 0 spiro atoms. The van der Waals surface area contributed by atoms with Crippen LogP contribution in [0.2, 0.25) is 0 Å². The smallest absolute Gasteiger partial charge is 0.0635 e. The van der Waals surface area contributed by atoms with Gasteiger partial charge in [-0.3, -0.25) is 0 Å². The first-order chi connectivity index (χ1) is 33.2. The topological polar surface area (TPSA) is 8.82 Å². The molecule has 0 unspecified atom stereocenters. The van der Waals surface area contributed by atoms with Gasteiger partial charge in [-0.2, -0.15) is 0 Å². The van der Waals surface area contributed by atoms with Crippen molar-refractivity contribution in [2.75, 3.05) is 0 Å². The van der Waals surface area contributed by atoms with Gasteiger partial charge in [-0.05, 0) is 106 Å². The van der Waals surface area contributed by atoms with Gasteiger partial charge in [0.15, 0.2) is 0 Å². The van der Waals surface area contributed by atoms with Gasteiger partial charge in [0.25, 0.3) is 0 Å². The molecule has 0 bridgehead atoms. The number of hydrogen-bond donors (Lipinski definition) is 0. The summed E-state index contributed by atoms with van der Waals surface area (Å²) in [4.78, 5) is 0. The molecule has 0 aliphatic rings. The summed E-state index contributed by atoms with van der Waals surface area (Å²) < 4.78 is 5.48. The molecule has 11 rings (SSSR count). The Kier molecular flexibility index (Phi) is 10.0. The molecule has 0 amide bonds. The van der Waals surface area contributed by atoms with Gasteiger partial charge in [0.1, 0.15) is 0 Å². The fourth-order valence-corrected chi connectivity index (χ4v) is 12.1. The van der Waals surface area contributed by atoms with E-state index in [1.807, 2.05) is 0 Å². The van der Waals surface area contributed by atoms with Crippen LogP contribution in [0.3, 0.4) is 0 Å². The highest BCUT2D eigenvalue weighted by Crippen LogP contribution is 2.56. The normalized spacial score (nSPS) is 14.2. The molecule has 0 aliphatic heterocycles. The molecule has 7 aromatic carbocycles. The Morgan fingerprint density at radius 3 is 1.03 bits per heavy atom. The summed E-state index contributed by atoms with van der Waals surface area (Å²) in [5, 5.41) is 10.8. The van der Waals surface area contributed by atoms with E-state index in [1.54, 1.807) is 0 Å². The van der Waals surface area contributed by atoms with Crippen molar-refractivity contribution in [1.29, 1.82) is 0 Å². The van der Waals surface area contributed by atoms with E-state index in [1.165, 1.54) is 137 Å². The van der Waals surface area contributed by atoms with Gasteiger partial charge in [0, 0.05) is 54.2 Å². The Hall–Kier alpha value is -5.86. The maximum Gasteiger partial charge on any atom is 0.0635 e. The molecule has 0 aliphatic carbocycles. The van der Waals surface area contributed by atoms with Crippen molar-refractivity contribution >= 4 is 76.2 Å². The molecule has 370 valence electrons. The highest BCUT2D eigenvalue weighted by atomic mass is 15.0. The zero-order valence-electron chi connectivity index (χ0n) is 47.7. The molecule has 0 fully saturated rings. The Morgan fingerprint density at radius 2 is 0.625 bits per heavy atom. The van der Waals surface area contributed by atoms with Crippen molar-refractivity contribution in [1.82, 2.24) is 8.80 Å². The van der Waals surface area contributed by atoms with Crippen LogP contribution < -0.4 is 0 Å². The summed E-state index contributed by atoms with van der Waals surface area (Å²) in [5.41, 5.74) is 22.3. The van der Waals surface area contributed by atoms with Crippen molar-refractivity contribution in [3.8, 4) is 22.3 Å². The molecule has 2 nitrogen and oxygen atoms in total. The average molecular weight is 949 g/mol. The minimum Gasteiger partial charge on any atom is -0.308 e. The van der Waals surface area contributed by atoms with Gasteiger partial charge in [-0.15, -0.1) is 0 Å². The van der Waals surface area contributed by atoms with Crippen LogP contribution in [0.4, 0.5) is 0 Å². The fraction of sp³-hybridized carbons (Fsp3) is 0.400. The third-order valence-corrected chi connectivity index (χ3v) is 16.6. The number of benzene rings is 7. The van der Waals surface area contributed by atoms with Crippen LogP contribution >= 0.6 is 0 Å². The van der Waals surface area contributed by atoms with Crippen LogP contribution in [0, 0.1) is 0 Å². The van der Waals surface area contributed by atoms with Gasteiger partial charge in [-0.25, -0.2) is 0 Å². The summed E-state index contributed by atoms with van der Waals surface area (Å²) in [6.45, 7) is 49.9. The lowest BCUT2D eigenvalue weighted by atomic mass is 9.78. The van der Waals surface area contributed by atoms with E-state index in [2.05, 4.69) is 257 Å². The molecule has 72 heavy (non-hydrogen) atoms. The van der Waals surface area contributed by atoms with Crippen molar-refractivity contribution in [3.63, 3.8) is 0 Å². The molecule has 0 N–H and O–H groups in total. The number of rotatable bonds is 2. The Labute approximate surface area is 430 Å². The molecule has 0 atom stereocenters. The number of hydrogen-bond acceptors (Lipinski definition) is 0. The molecule has 4 heterocycles. The molecule has 0 radical (unpaired) electrons. The second-order valence-corrected chi connectivity index (χ2v) is 29.3. The SMILES string of the molecule is CC(C)(C)c1cc(-c2cccc3c4c5c6cc(C(C)(C)C)ccc6n6c7c(C(C)(C)C)cc(C(C)(C)C)cc7c(c7c8cccc(-c9cc(C(C)(C)C)cc(C(C)(C)C)c9)c8n(c23)c47)c56)cc(C(C)(C)C)c1. The number of aromatic nitrogens is 2. The van der Waals surface area contributed by atoms with Gasteiger partial charge < -0.3 is 8.80 Å². The fourth-order valence-electron chi connectivity index (χ4n) is 12.1. The quantitative estimate of drug-likeness (QED) is 0.163. The molecule has 4 aromatic heterocycles. The van der Waals surface area contributed by atoms with Crippen LogP contribution in [0.5, 0.6) is 0 Å². The summed E-state index contributed by atoms with van der Waals surface area (Å²) >= 11 is 0. The minimum atomic E-state index is -0.111. The van der Waals surface area contributed by atoms with Crippen LogP contribution in [0.25, 0.3) is 98.4 Å². The van der Waals surface area contributed by atoms with Crippen LogP contribution in [0.15, 0.2) is 103 Å². The second-order valence-electron chi connectivity index (χ2n) is 29.3. The maximum absolute atomic E-state index is 2.77. The van der Waals surface area contributed by atoms with Crippen LogP contribution in [-0.4, -0.2) is 8.80 Å². The lowest BCUT2D eigenvalue weighted by Gasteiger charge is -2.26. The number of para-hydroxylation sites is 2. The van der Waals surface area contributed by atoms with Gasteiger partial charge >= 0.3 is 0 Å². The summed E-state index contributed by atoms with van der Waals surface area (Å²) in [7, 11) is 0. The van der Waals surface area contributed by atoms with E-state index in [-0.39, 0.29) is 37.9 Å². The average Bonchev–Trinajstić information content (AvgIpc) is 3.99. The van der Waals surface area contributed by atoms with Crippen molar-refractivity contribution in [3.05, 3.63) is 142 Å². The highest BCUT2D eigenvalue weighted by Gasteiger charge is 2.35. The maximum atomic E-state index is 2.77. The minimum absolute atomic E-state index is 0.0265. The van der Waals surface area contributed by atoms with Crippen molar-refractivity contribution in [2.45, 2.75) is 183 Å². The first kappa shape index (κ1) is 48.4. The molecule has 0 saturated heterocycles. The van der Waals surface area contributed by atoms with E-state index in [9.17, 15) is 0 Å². The third kappa shape index (κ3) is 7.15. The standard InChI is InChI=1S/C70H80N2/c1-64(2,3)41-28-29-54-51(36-41)57-55-49-26-22-24-47(39-30-42(65(4,5)6)34-43(31-39)66(7,8)9)59(49)72-60-48(40-32-44(67(10,11)12)35-45(33-40)68(13,14)15)25-23-27-50(60)56(63(55)72)58-52-37-46(69(16,17)18)38-53(70(19,20)21)61(52)71(54)62(57)58/h22-38H,1-21H3. The number of fused-ring (bicyclic) bond motifs is 14. The number of nitrogens with zero attached hydrogens (tertiary/aromatic N) is 2. The molecular formula is C70H80N2.